The second-order valence-electron chi connectivity index (χ2n) is 8.32. The molecule has 0 radical (unpaired) electrons. The molecule has 0 spiro atoms. The third kappa shape index (κ3) is 4.70. The van der Waals surface area contributed by atoms with Crippen molar-refractivity contribution in [3.05, 3.63) is 83.4 Å². The van der Waals surface area contributed by atoms with Crippen molar-refractivity contribution in [1.82, 2.24) is 4.90 Å². The lowest BCUT2D eigenvalue weighted by Gasteiger charge is -2.43. The summed E-state index contributed by atoms with van der Waals surface area (Å²) in [6.45, 7) is 0. The van der Waals surface area contributed by atoms with Crippen LogP contribution in [0.2, 0.25) is 0 Å². The second kappa shape index (κ2) is 9.28. The quantitative estimate of drug-likeness (QED) is 0.497. The van der Waals surface area contributed by atoms with Crippen LogP contribution in [-0.2, 0) is 14.3 Å². The first-order valence-electron chi connectivity index (χ1n) is 10.6. The van der Waals surface area contributed by atoms with Crippen molar-refractivity contribution in [1.29, 1.82) is 0 Å². The van der Waals surface area contributed by atoms with Crippen molar-refractivity contribution in [2.75, 3.05) is 14.2 Å². The number of ether oxygens (including phenoxy) is 2. The van der Waals surface area contributed by atoms with Crippen LogP contribution in [0.5, 0.6) is 0 Å². The van der Waals surface area contributed by atoms with Gasteiger partial charge in [0.2, 0.25) is 0 Å². The van der Waals surface area contributed by atoms with Crippen LogP contribution in [-0.4, -0.2) is 43.2 Å². The summed E-state index contributed by atoms with van der Waals surface area (Å²) in [7, 11) is 3.48. The normalized spacial score (nSPS) is 26.0. The monoisotopic (exact) mass is 427 g/mol. The Kier molecular flexibility index (Phi) is 6.49. The summed E-state index contributed by atoms with van der Waals surface area (Å²) in [5.74, 6) is -1.03. The topological polar surface area (TPSA) is 38.8 Å². The number of carbonyl (C=O) groups excluding carboxylic acids is 1. The minimum absolute atomic E-state index is 0.00578. The molecule has 0 saturated carbocycles. The van der Waals surface area contributed by atoms with Crippen LogP contribution in [0.25, 0.3) is 0 Å². The maximum atomic E-state index is 13.5. The molecule has 0 aliphatic carbocycles. The number of carbonyl (C=O) groups is 1. The highest BCUT2D eigenvalue weighted by molar-refractivity contribution is 5.81. The number of benzene rings is 2. The van der Waals surface area contributed by atoms with E-state index < -0.39 is 12.1 Å². The smallest absolute Gasteiger partial charge is 0.330 e. The van der Waals surface area contributed by atoms with Gasteiger partial charge in [0.15, 0.2) is 0 Å². The third-order valence-electron chi connectivity index (χ3n) is 6.58. The van der Waals surface area contributed by atoms with Gasteiger partial charge < -0.3 is 9.47 Å². The number of rotatable bonds is 6. The average molecular weight is 427 g/mol. The Morgan fingerprint density at radius 3 is 2.16 bits per heavy atom. The molecule has 2 saturated heterocycles. The van der Waals surface area contributed by atoms with Gasteiger partial charge in [-0.1, -0.05) is 30.3 Å². The van der Waals surface area contributed by atoms with Gasteiger partial charge in [-0.05, 0) is 61.7 Å². The highest BCUT2D eigenvalue weighted by Crippen LogP contribution is 2.42. The molecule has 6 heteroatoms. The number of hydrogen-bond donors (Lipinski definition) is 0. The Labute approximate surface area is 181 Å². The molecular weight excluding hydrogens is 400 g/mol. The number of fused-ring (bicyclic) bond motifs is 2. The molecule has 0 amide bonds. The van der Waals surface area contributed by atoms with Crippen molar-refractivity contribution in [3.8, 4) is 0 Å². The minimum atomic E-state index is -0.469. The van der Waals surface area contributed by atoms with Gasteiger partial charge in [0, 0.05) is 24.1 Å². The van der Waals surface area contributed by atoms with E-state index in [0.29, 0.717) is 6.04 Å². The summed E-state index contributed by atoms with van der Waals surface area (Å²) in [6.07, 6.45) is 5.69. The zero-order chi connectivity index (χ0) is 22.0. The fourth-order valence-corrected chi connectivity index (χ4v) is 4.92. The molecule has 2 aliphatic heterocycles. The van der Waals surface area contributed by atoms with E-state index in [4.69, 9.17) is 9.47 Å². The predicted octanol–water partition coefficient (Wildman–Crippen LogP) is 4.65. The van der Waals surface area contributed by atoms with E-state index >= 15 is 0 Å². The van der Waals surface area contributed by atoms with Gasteiger partial charge in [-0.3, -0.25) is 4.90 Å². The summed E-state index contributed by atoms with van der Waals surface area (Å²) >= 11 is 0. The molecule has 2 fully saturated rings. The first kappa shape index (κ1) is 21.7. The lowest BCUT2D eigenvalue weighted by Crippen LogP contribution is -2.49. The maximum Gasteiger partial charge on any atom is 0.330 e. The van der Waals surface area contributed by atoms with Crippen LogP contribution < -0.4 is 0 Å². The zero-order valence-electron chi connectivity index (χ0n) is 17.7. The largest absolute Gasteiger partial charge is 0.466 e. The molecule has 2 bridgehead atoms. The summed E-state index contributed by atoms with van der Waals surface area (Å²) in [4.78, 5) is 14.1. The lowest BCUT2D eigenvalue weighted by molar-refractivity contribution is -0.134. The van der Waals surface area contributed by atoms with Crippen LogP contribution in [0.15, 0.2) is 60.7 Å². The van der Waals surface area contributed by atoms with Crippen molar-refractivity contribution < 1.29 is 23.0 Å². The Bertz CT molecular complexity index is 883. The Balaban J connectivity index is 1.66. The molecule has 0 N–H and O–H groups in total. The van der Waals surface area contributed by atoms with Gasteiger partial charge >= 0.3 is 5.97 Å². The molecule has 31 heavy (non-hydrogen) atoms. The van der Waals surface area contributed by atoms with Gasteiger partial charge in [-0.2, -0.15) is 0 Å². The number of methoxy groups -OCH3 is 1. The fourth-order valence-electron chi connectivity index (χ4n) is 4.92. The Morgan fingerprint density at radius 1 is 1.03 bits per heavy atom. The SMILES string of the molecule is COC(=O)/C=C/[C@@H]1[C@@H](OC(c2ccc(F)cc2)c2ccc(F)cc2)C[C@H]2CC[C@@H]1N2C. The van der Waals surface area contributed by atoms with E-state index in [0.717, 1.165) is 30.4 Å². The van der Waals surface area contributed by atoms with Crippen LogP contribution in [0.4, 0.5) is 8.78 Å². The molecule has 4 atom stereocenters. The van der Waals surface area contributed by atoms with Crippen LogP contribution in [0.3, 0.4) is 0 Å². The van der Waals surface area contributed by atoms with Crippen LogP contribution in [0, 0.1) is 17.6 Å². The highest BCUT2D eigenvalue weighted by Gasteiger charge is 2.45. The molecule has 4 rings (SSSR count). The first-order chi connectivity index (χ1) is 15.0. The van der Waals surface area contributed by atoms with E-state index in [2.05, 4.69) is 11.9 Å². The van der Waals surface area contributed by atoms with Gasteiger partial charge in [0.1, 0.15) is 17.7 Å². The van der Waals surface area contributed by atoms with Crippen LogP contribution in [0.1, 0.15) is 36.5 Å². The average Bonchev–Trinajstić information content (AvgIpc) is 3.02. The van der Waals surface area contributed by atoms with Crippen LogP contribution >= 0.6 is 0 Å². The summed E-state index contributed by atoms with van der Waals surface area (Å²) < 4.78 is 38.5. The molecule has 2 aromatic rings. The standard InChI is InChI=1S/C25H27F2NO3/c1-28-20-11-13-22(28)21(12-14-24(29)30-2)23(15-20)31-25(16-3-7-18(26)8-4-16)17-5-9-19(27)10-6-17/h3-10,12,14,20-23,25H,11,13,15H2,1-2H3/b14-12+/t20-,21+,22+,23+/m1/s1. The number of halogens is 2. The fraction of sp³-hybridized carbons (Fsp3) is 0.400. The molecule has 2 aromatic carbocycles. The highest BCUT2D eigenvalue weighted by atomic mass is 19.1. The van der Waals surface area contributed by atoms with Gasteiger partial charge in [0.25, 0.3) is 0 Å². The summed E-state index contributed by atoms with van der Waals surface area (Å²) in [5, 5.41) is 0. The second-order valence-corrected chi connectivity index (χ2v) is 8.32. The van der Waals surface area contributed by atoms with E-state index in [1.54, 1.807) is 24.3 Å². The Hall–Kier alpha value is -2.57. The van der Waals surface area contributed by atoms with Crippen molar-refractivity contribution >= 4 is 5.97 Å². The molecular formula is C25H27F2NO3. The lowest BCUT2D eigenvalue weighted by atomic mass is 9.86. The van der Waals surface area contributed by atoms with Gasteiger partial charge in [-0.15, -0.1) is 0 Å². The minimum Gasteiger partial charge on any atom is -0.466 e. The van der Waals surface area contributed by atoms with E-state index in [1.165, 1.54) is 37.5 Å². The number of piperidine rings is 1. The third-order valence-corrected chi connectivity index (χ3v) is 6.58. The van der Waals surface area contributed by atoms with E-state index in [-0.39, 0.29) is 29.7 Å². The predicted molar refractivity (Wildman–Crippen MR) is 113 cm³/mol. The van der Waals surface area contributed by atoms with Crippen molar-refractivity contribution in [2.45, 2.75) is 43.6 Å². The van der Waals surface area contributed by atoms with E-state index in [1.807, 2.05) is 6.08 Å². The maximum absolute atomic E-state index is 13.5. The molecule has 4 nitrogen and oxygen atoms in total. The molecule has 2 aliphatic rings. The summed E-state index contributed by atoms with van der Waals surface area (Å²) in [5.41, 5.74) is 1.60. The van der Waals surface area contributed by atoms with Gasteiger partial charge in [-0.25, -0.2) is 13.6 Å². The summed E-state index contributed by atoms with van der Waals surface area (Å²) in [6, 6.07) is 13.1. The first-order valence-corrected chi connectivity index (χ1v) is 10.6. The molecule has 164 valence electrons. The van der Waals surface area contributed by atoms with E-state index in [9.17, 15) is 13.6 Å². The molecule has 0 aromatic heterocycles. The van der Waals surface area contributed by atoms with Crippen molar-refractivity contribution in [2.24, 2.45) is 5.92 Å². The molecule has 0 unspecified atom stereocenters. The number of nitrogens with zero attached hydrogens (tertiary/aromatic N) is 1. The zero-order valence-corrected chi connectivity index (χ0v) is 17.7. The van der Waals surface area contributed by atoms with Crippen molar-refractivity contribution in [3.63, 3.8) is 0 Å². The Morgan fingerprint density at radius 2 is 1.61 bits per heavy atom. The number of esters is 1. The van der Waals surface area contributed by atoms with Gasteiger partial charge in [0.05, 0.1) is 13.2 Å². The molecule has 2 heterocycles. The number of hydrogen-bond acceptors (Lipinski definition) is 4.